The standard InChI is InChI=1S/C14H15BrN4O3S/c1-14(2)13(20)19(23(14,21)22)9-12-8-18(17-16-12)7-10-3-5-11(15)6-4-10/h3-6,8H,7,9H2,1-2H3. The van der Waals surface area contributed by atoms with E-state index >= 15 is 0 Å². The molecule has 23 heavy (non-hydrogen) atoms. The second-order valence-electron chi connectivity index (χ2n) is 5.86. The third-order valence-electron chi connectivity index (χ3n) is 3.83. The smallest absolute Gasteiger partial charge is 0.259 e. The van der Waals surface area contributed by atoms with Crippen molar-refractivity contribution in [1.29, 1.82) is 0 Å². The van der Waals surface area contributed by atoms with Crippen LogP contribution in [0.25, 0.3) is 0 Å². The first-order chi connectivity index (χ1) is 10.7. The van der Waals surface area contributed by atoms with E-state index in [4.69, 9.17) is 0 Å². The summed E-state index contributed by atoms with van der Waals surface area (Å²) in [5, 5.41) is 7.92. The molecule has 1 aromatic heterocycles. The number of benzene rings is 1. The number of rotatable bonds is 4. The largest absolute Gasteiger partial charge is 0.272 e. The Morgan fingerprint density at radius 2 is 1.83 bits per heavy atom. The van der Waals surface area contributed by atoms with Gasteiger partial charge in [0, 0.05) is 4.47 Å². The van der Waals surface area contributed by atoms with Crippen LogP contribution < -0.4 is 0 Å². The average molecular weight is 399 g/mol. The molecule has 7 nitrogen and oxygen atoms in total. The summed E-state index contributed by atoms with van der Waals surface area (Å²) >= 11 is 3.37. The van der Waals surface area contributed by atoms with Gasteiger partial charge in [-0.25, -0.2) is 17.4 Å². The molecule has 0 bridgehead atoms. The number of hydrogen-bond donors (Lipinski definition) is 0. The minimum absolute atomic E-state index is 0.0784. The SMILES string of the molecule is CC1(C)C(=O)N(Cc2cn(Cc3ccc(Br)cc3)nn2)S1(=O)=O. The van der Waals surface area contributed by atoms with Gasteiger partial charge in [-0.05, 0) is 31.5 Å². The Balaban J connectivity index is 1.71. The van der Waals surface area contributed by atoms with Crippen LogP contribution in [0.2, 0.25) is 0 Å². The van der Waals surface area contributed by atoms with Crippen LogP contribution in [0.5, 0.6) is 0 Å². The first kappa shape index (κ1) is 16.1. The molecule has 0 spiro atoms. The Morgan fingerprint density at radius 1 is 1.17 bits per heavy atom. The van der Waals surface area contributed by atoms with Gasteiger partial charge in [-0.15, -0.1) is 5.10 Å². The molecule has 9 heteroatoms. The Kier molecular flexibility index (Phi) is 3.80. The summed E-state index contributed by atoms with van der Waals surface area (Å²) in [4.78, 5) is 11.9. The van der Waals surface area contributed by atoms with Gasteiger partial charge >= 0.3 is 0 Å². The van der Waals surface area contributed by atoms with Gasteiger partial charge in [0.05, 0.1) is 19.3 Å². The van der Waals surface area contributed by atoms with Crippen LogP contribution in [0.3, 0.4) is 0 Å². The van der Waals surface area contributed by atoms with E-state index < -0.39 is 20.7 Å². The maximum atomic E-state index is 12.1. The second-order valence-corrected chi connectivity index (χ2v) is 9.19. The molecule has 1 aliphatic rings. The van der Waals surface area contributed by atoms with Crippen molar-refractivity contribution in [1.82, 2.24) is 19.3 Å². The van der Waals surface area contributed by atoms with Gasteiger partial charge in [0.25, 0.3) is 15.9 Å². The van der Waals surface area contributed by atoms with Crippen LogP contribution >= 0.6 is 15.9 Å². The number of hydrogen-bond acceptors (Lipinski definition) is 5. The highest BCUT2D eigenvalue weighted by molar-refractivity contribution is 9.10. The second kappa shape index (κ2) is 5.41. The number of carbonyl (C=O) groups is 1. The number of carbonyl (C=O) groups excluding carboxylic acids is 1. The van der Waals surface area contributed by atoms with E-state index in [1.54, 1.807) is 10.9 Å². The van der Waals surface area contributed by atoms with E-state index in [9.17, 15) is 13.2 Å². The molecule has 0 unspecified atom stereocenters. The van der Waals surface area contributed by atoms with E-state index in [0.717, 1.165) is 14.3 Å². The average Bonchev–Trinajstić information content (AvgIpc) is 2.93. The molecule has 0 atom stereocenters. The fourth-order valence-electron chi connectivity index (χ4n) is 2.33. The number of nitrogens with zero attached hydrogens (tertiary/aromatic N) is 4. The van der Waals surface area contributed by atoms with Crippen LogP contribution in [0.15, 0.2) is 34.9 Å². The molecule has 122 valence electrons. The first-order valence-corrected chi connectivity index (χ1v) is 9.15. The molecule has 0 radical (unpaired) electrons. The van der Waals surface area contributed by atoms with E-state index in [1.807, 2.05) is 24.3 Å². The topological polar surface area (TPSA) is 85.2 Å². The maximum absolute atomic E-state index is 12.1. The minimum Gasteiger partial charge on any atom is -0.272 e. The molecule has 1 fully saturated rings. The lowest BCUT2D eigenvalue weighted by Crippen LogP contribution is -2.66. The van der Waals surface area contributed by atoms with Crippen molar-refractivity contribution in [2.75, 3.05) is 0 Å². The summed E-state index contributed by atoms with van der Waals surface area (Å²) < 4.78 is 26.2. The highest BCUT2D eigenvalue weighted by Crippen LogP contribution is 2.35. The van der Waals surface area contributed by atoms with E-state index in [0.29, 0.717) is 12.2 Å². The molecule has 3 rings (SSSR count). The predicted octanol–water partition coefficient (Wildman–Crippen LogP) is 1.54. The zero-order valence-electron chi connectivity index (χ0n) is 12.6. The van der Waals surface area contributed by atoms with Crippen molar-refractivity contribution < 1.29 is 13.2 Å². The highest BCUT2D eigenvalue weighted by atomic mass is 79.9. The van der Waals surface area contributed by atoms with Gasteiger partial charge in [0.1, 0.15) is 5.69 Å². The Bertz CT molecular complexity index is 858. The molecule has 1 amide bonds. The molecular formula is C14H15BrN4O3S. The molecule has 1 aliphatic heterocycles. The van der Waals surface area contributed by atoms with Crippen molar-refractivity contribution in [3.8, 4) is 0 Å². The van der Waals surface area contributed by atoms with Crippen molar-refractivity contribution in [2.45, 2.75) is 31.7 Å². The molecule has 1 saturated heterocycles. The highest BCUT2D eigenvalue weighted by Gasteiger charge is 2.60. The number of aromatic nitrogens is 3. The van der Waals surface area contributed by atoms with E-state index in [2.05, 4.69) is 26.2 Å². The number of sulfonamides is 1. The quantitative estimate of drug-likeness (QED) is 0.779. The van der Waals surface area contributed by atoms with Crippen molar-refractivity contribution in [3.05, 3.63) is 46.2 Å². The molecule has 0 N–H and O–H groups in total. The molecular weight excluding hydrogens is 384 g/mol. The fourth-order valence-corrected chi connectivity index (χ4v) is 4.09. The first-order valence-electron chi connectivity index (χ1n) is 6.92. The molecule has 0 aliphatic carbocycles. The molecule has 2 heterocycles. The monoisotopic (exact) mass is 398 g/mol. The summed E-state index contributed by atoms with van der Waals surface area (Å²) in [6.07, 6.45) is 1.65. The van der Waals surface area contributed by atoms with Crippen LogP contribution in [-0.2, 0) is 27.9 Å². The van der Waals surface area contributed by atoms with Crippen LogP contribution in [0.4, 0.5) is 0 Å². The zero-order chi connectivity index (χ0) is 16.8. The van der Waals surface area contributed by atoms with E-state index in [-0.39, 0.29) is 6.54 Å². The normalized spacial score (nSPS) is 18.7. The lowest BCUT2D eigenvalue weighted by Gasteiger charge is -2.42. The predicted molar refractivity (Wildman–Crippen MR) is 86.8 cm³/mol. The number of halogens is 1. The summed E-state index contributed by atoms with van der Waals surface area (Å²) in [5.41, 5.74) is 1.48. The lowest BCUT2D eigenvalue weighted by atomic mass is 10.2. The van der Waals surface area contributed by atoms with Crippen LogP contribution in [0, 0.1) is 0 Å². The van der Waals surface area contributed by atoms with Gasteiger partial charge in [-0.2, -0.15) is 0 Å². The zero-order valence-corrected chi connectivity index (χ0v) is 15.0. The van der Waals surface area contributed by atoms with Crippen LogP contribution in [0.1, 0.15) is 25.1 Å². The Labute approximate surface area is 142 Å². The van der Waals surface area contributed by atoms with Gasteiger partial charge in [0.15, 0.2) is 4.75 Å². The molecule has 1 aromatic carbocycles. The third kappa shape index (κ3) is 2.67. The van der Waals surface area contributed by atoms with Gasteiger partial charge in [0.2, 0.25) is 0 Å². The third-order valence-corrected chi connectivity index (χ3v) is 6.69. The van der Waals surface area contributed by atoms with Gasteiger partial charge in [-0.3, -0.25) is 4.79 Å². The molecule has 0 saturated carbocycles. The summed E-state index contributed by atoms with van der Waals surface area (Å²) in [7, 11) is -3.60. The Hall–Kier alpha value is -1.74. The van der Waals surface area contributed by atoms with Gasteiger partial charge in [-0.1, -0.05) is 33.3 Å². The maximum Gasteiger partial charge on any atom is 0.259 e. The fraction of sp³-hybridized carbons (Fsp3) is 0.357. The van der Waals surface area contributed by atoms with Crippen molar-refractivity contribution in [3.63, 3.8) is 0 Å². The van der Waals surface area contributed by atoms with Crippen molar-refractivity contribution in [2.24, 2.45) is 0 Å². The molecule has 2 aromatic rings. The van der Waals surface area contributed by atoms with Crippen molar-refractivity contribution >= 4 is 31.9 Å². The summed E-state index contributed by atoms with van der Waals surface area (Å²) in [6.45, 7) is 3.26. The minimum atomic E-state index is -3.60. The van der Waals surface area contributed by atoms with E-state index in [1.165, 1.54) is 13.8 Å². The lowest BCUT2D eigenvalue weighted by molar-refractivity contribution is -0.132. The summed E-state index contributed by atoms with van der Waals surface area (Å²) in [5.74, 6) is -0.417. The van der Waals surface area contributed by atoms with Crippen LogP contribution in [-0.4, -0.2) is 38.4 Å². The summed E-state index contributed by atoms with van der Waals surface area (Å²) in [6, 6.07) is 7.77. The number of amides is 1. The Morgan fingerprint density at radius 3 is 2.43 bits per heavy atom. The van der Waals surface area contributed by atoms with Gasteiger partial charge < -0.3 is 0 Å².